The van der Waals surface area contributed by atoms with Gasteiger partial charge in [0.25, 0.3) is 0 Å². The SMILES string of the molecule is Cc1c(Cl)cc2nc(C=O)c(C=O)nc2c1N. The van der Waals surface area contributed by atoms with Crippen LogP contribution in [0.2, 0.25) is 5.02 Å². The highest BCUT2D eigenvalue weighted by Crippen LogP contribution is 2.28. The molecule has 0 aliphatic rings. The lowest BCUT2D eigenvalue weighted by Gasteiger charge is -2.07. The summed E-state index contributed by atoms with van der Waals surface area (Å²) in [7, 11) is 0. The molecule has 0 saturated heterocycles. The average Bonchev–Trinajstić information content (AvgIpc) is 2.34. The van der Waals surface area contributed by atoms with Crippen LogP contribution < -0.4 is 5.73 Å². The number of halogens is 1. The van der Waals surface area contributed by atoms with E-state index in [4.69, 9.17) is 17.3 Å². The van der Waals surface area contributed by atoms with Gasteiger partial charge in [0.2, 0.25) is 0 Å². The Kier molecular flexibility index (Phi) is 2.77. The van der Waals surface area contributed by atoms with Gasteiger partial charge >= 0.3 is 0 Å². The maximum absolute atomic E-state index is 10.8. The van der Waals surface area contributed by atoms with Crippen molar-refractivity contribution in [1.29, 1.82) is 0 Å². The molecule has 1 aromatic heterocycles. The van der Waals surface area contributed by atoms with Crippen LogP contribution in [0.1, 0.15) is 26.5 Å². The van der Waals surface area contributed by atoms with E-state index in [2.05, 4.69) is 9.97 Å². The summed E-state index contributed by atoms with van der Waals surface area (Å²) in [5.74, 6) is 0. The number of hydrogen-bond acceptors (Lipinski definition) is 5. The van der Waals surface area contributed by atoms with Crippen molar-refractivity contribution >= 4 is 40.9 Å². The van der Waals surface area contributed by atoms with Gasteiger partial charge in [-0.1, -0.05) is 11.6 Å². The molecule has 86 valence electrons. The Morgan fingerprint density at radius 3 is 2.41 bits per heavy atom. The number of nitrogen functional groups attached to an aromatic ring is 1. The zero-order valence-electron chi connectivity index (χ0n) is 8.90. The third-order valence-electron chi connectivity index (χ3n) is 2.48. The predicted octanol–water partition coefficient (Wildman–Crippen LogP) is 1.80. The van der Waals surface area contributed by atoms with Crippen molar-refractivity contribution in [2.75, 3.05) is 5.73 Å². The number of carbonyl (C=O) groups is 2. The van der Waals surface area contributed by atoms with E-state index in [-0.39, 0.29) is 11.4 Å². The van der Waals surface area contributed by atoms with Gasteiger partial charge < -0.3 is 5.73 Å². The monoisotopic (exact) mass is 249 g/mol. The van der Waals surface area contributed by atoms with Gasteiger partial charge in [-0.2, -0.15) is 0 Å². The van der Waals surface area contributed by atoms with Crippen molar-refractivity contribution in [3.05, 3.63) is 28.0 Å². The highest BCUT2D eigenvalue weighted by Gasteiger charge is 2.12. The zero-order chi connectivity index (χ0) is 12.6. The van der Waals surface area contributed by atoms with E-state index in [1.165, 1.54) is 0 Å². The number of nitrogens with zero attached hydrogens (tertiary/aromatic N) is 2. The van der Waals surface area contributed by atoms with Crippen molar-refractivity contribution in [3.63, 3.8) is 0 Å². The maximum atomic E-state index is 10.8. The summed E-state index contributed by atoms with van der Waals surface area (Å²) in [5, 5.41) is 0.444. The van der Waals surface area contributed by atoms with E-state index < -0.39 is 0 Å². The topological polar surface area (TPSA) is 85.9 Å². The minimum Gasteiger partial charge on any atom is -0.397 e. The quantitative estimate of drug-likeness (QED) is 0.648. The molecular weight excluding hydrogens is 242 g/mol. The van der Waals surface area contributed by atoms with E-state index in [0.717, 1.165) is 0 Å². The summed E-state index contributed by atoms with van der Waals surface area (Å²) in [6.45, 7) is 1.74. The Balaban J connectivity index is 2.92. The molecule has 0 spiro atoms. The van der Waals surface area contributed by atoms with Crippen LogP contribution in [0, 0.1) is 6.92 Å². The first-order valence-corrected chi connectivity index (χ1v) is 5.13. The number of anilines is 1. The molecule has 17 heavy (non-hydrogen) atoms. The Morgan fingerprint density at radius 2 is 1.82 bits per heavy atom. The van der Waals surface area contributed by atoms with Crippen LogP contribution in [0.5, 0.6) is 0 Å². The molecule has 0 bridgehead atoms. The molecule has 0 unspecified atom stereocenters. The molecule has 2 N–H and O–H groups in total. The number of benzene rings is 1. The molecular formula is C11H8ClN3O2. The smallest absolute Gasteiger partial charge is 0.170 e. The van der Waals surface area contributed by atoms with Crippen molar-refractivity contribution in [3.8, 4) is 0 Å². The number of nitrogens with two attached hydrogens (primary N) is 1. The molecule has 1 heterocycles. The second-order valence-corrected chi connectivity index (χ2v) is 3.90. The molecule has 2 aromatic rings. The summed E-state index contributed by atoms with van der Waals surface area (Å²) in [6.07, 6.45) is 0.944. The van der Waals surface area contributed by atoms with Gasteiger partial charge in [0, 0.05) is 5.02 Å². The fraction of sp³-hybridized carbons (Fsp3) is 0.0909. The van der Waals surface area contributed by atoms with Crippen LogP contribution in [-0.4, -0.2) is 22.5 Å². The normalized spacial score (nSPS) is 10.5. The molecule has 0 fully saturated rings. The lowest BCUT2D eigenvalue weighted by atomic mass is 10.1. The van der Waals surface area contributed by atoms with Gasteiger partial charge in [-0.25, -0.2) is 9.97 Å². The van der Waals surface area contributed by atoms with Crippen molar-refractivity contribution in [1.82, 2.24) is 9.97 Å². The minimum absolute atomic E-state index is 0.0215. The second kappa shape index (κ2) is 4.10. The Bertz CT molecular complexity index is 640. The van der Waals surface area contributed by atoms with Gasteiger partial charge in [-0.15, -0.1) is 0 Å². The lowest BCUT2D eigenvalue weighted by molar-refractivity contribution is 0.108. The first-order valence-electron chi connectivity index (χ1n) is 4.75. The van der Waals surface area contributed by atoms with Crippen LogP contribution in [0.15, 0.2) is 6.07 Å². The predicted molar refractivity (Wildman–Crippen MR) is 64.5 cm³/mol. The van der Waals surface area contributed by atoms with E-state index in [0.29, 0.717) is 39.9 Å². The summed E-state index contributed by atoms with van der Waals surface area (Å²) in [5.41, 5.74) is 7.60. The third-order valence-corrected chi connectivity index (χ3v) is 2.87. The minimum atomic E-state index is -0.0269. The molecule has 0 radical (unpaired) electrons. The number of carbonyl (C=O) groups excluding carboxylic acids is 2. The molecule has 6 heteroatoms. The molecule has 0 aliphatic heterocycles. The summed E-state index contributed by atoms with van der Waals surface area (Å²) < 4.78 is 0. The number of aromatic nitrogens is 2. The largest absolute Gasteiger partial charge is 0.397 e. The number of aldehydes is 2. The first-order chi connectivity index (χ1) is 8.08. The number of rotatable bonds is 2. The van der Waals surface area contributed by atoms with Gasteiger partial charge in [0.1, 0.15) is 16.9 Å². The van der Waals surface area contributed by atoms with Crippen LogP contribution in [0.3, 0.4) is 0 Å². The first kappa shape index (κ1) is 11.5. The van der Waals surface area contributed by atoms with Gasteiger partial charge in [-0.05, 0) is 18.6 Å². The van der Waals surface area contributed by atoms with E-state index in [1.807, 2.05) is 0 Å². The molecule has 2 rings (SSSR count). The fourth-order valence-electron chi connectivity index (χ4n) is 1.48. The maximum Gasteiger partial charge on any atom is 0.170 e. The zero-order valence-corrected chi connectivity index (χ0v) is 9.65. The van der Waals surface area contributed by atoms with E-state index >= 15 is 0 Å². The molecule has 1 aromatic carbocycles. The third kappa shape index (κ3) is 1.74. The molecule has 0 amide bonds. The molecule has 0 saturated carbocycles. The van der Waals surface area contributed by atoms with Crippen molar-refractivity contribution in [2.24, 2.45) is 0 Å². The van der Waals surface area contributed by atoms with E-state index in [1.54, 1.807) is 13.0 Å². The van der Waals surface area contributed by atoms with Crippen LogP contribution >= 0.6 is 11.6 Å². The molecule has 5 nitrogen and oxygen atoms in total. The van der Waals surface area contributed by atoms with Crippen molar-refractivity contribution in [2.45, 2.75) is 6.92 Å². The Hall–Kier alpha value is -2.01. The highest BCUT2D eigenvalue weighted by molar-refractivity contribution is 6.32. The fourth-order valence-corrected chi connectivity index (χ4v) is 1.69. The lowest BCUT2D eigenvalue weighted by Crippen LogP contribution is -2.03. The molecule has 0 aliphatic carbocycles. The number of fused-ring (bicyclic) bond motifs is 1. The second-order valence-electron chi connectivity index (χ2n) is 3.49. The van der Waals surface area contributed by atoms with Crippen LogP contribution in [0.4, 0.5) is 5.69 Å². The van der Waals surface area contributed by atoms with Gasteiger partial charge in [0.15, 0.2) is 12.6 Å². The molecule has 0 atom stereocenters. The summed E-state index contributed by atoms with van der Waals surface area (Å²) in [6, 6.07) is 1.57. The Morgan fingerprint density at radius 1 is 1.24 bits per heavy atom. The van der Waals surface area contributed by atoms with Crippen LogP contribution in [0.25, 0.3) is 11.0 Å². The van der Waals surface area contributed by atoms with Gasteiger partial charge in [-0.3, -0.25) is 9.59 Å². The van der Waals surface area contributed by atoms with Gasteiger partial charge in [0.05, 0.1) is 11.2 Å². The van der Waals surface area contributed by atoms with E-state index in [9.17, 15) is 9.59 Å². The average molecular weight is 250 g/mol. The number of hydrogen-bond donors (Lipinski definition) is 1. The highest BCUT2D eigenvalue weighted by atomic mass is 35.5. The van der Waals surface area contributed by atoms with Crippen LogP contribution in [-0.2, 0) is 0 Å². The summed E-state index contributed by atoms with van der Waals surface area (Å²) in [4.78, 5) is 29.5. The Labute approximate surface area is 102 Å². The van der Waals surface area contributed by atoms with Crippen molar-refractivity contribution < 1.29 is 9.59 Å². The standard InChI is InChI=1S/C11H8ClN3O2/c1-5-6(12)2-7-11(10(5)13)15-9(4-17)8(3-16)14-7/h2-4H,13H2,1H3. The summed E-state index contributed by atoms with van der Waals surface area (Å²) >= 11 is 5.96.